The van der Waals surface area contributed by atoms with Crippen molar-refractivity contribution in [2.75, 3.05) is 19.6 Å². The Balaban J connectivity index is 1.59. The monoisotopic (exact) mass is 450 g/mol. The van der Waals surface area contributed by atoms with Gasteiger partial charge in [-0.3, -0.25) is 4.79 Å². The number of likely N-dealkylation sites (tertiary alicyclic amines) is 1. The number of benzene rings is 2. The fourth-order valence-electron chi connectivity index (χ4n) is 4.31. The highest BCUT2D eigenvalue weighted by atomic mass is 35.5. The summed E-state index contributed by atoms with van der Waals surface area (Å²) < 4.78 is 40.8. The van der Waals surface area contributed by atoms with Gasteiger partial charge in [0.05, 0.1) is 15.5 Å². The van der Waals surface area contributed by atoms with Gasteiger partial charge in [0.25, 0.3) is 5.91 Å². The van der Waals surface area contributed by atoms with Crippen LogP contribution in [0.4, 0.5) is 4.39 Å². The quantitative estimate of drug-likeness (QED) is 0.688. The first-order valence-corrected chi connectivity index (χ1v) is 12.0. The molecule has 0 saturated carbocycles. The van der Waals surface area contributed by atoms with Crippen molar-refractivity contribution in [3.05, 3.63) is 64.4 Å². The summed E-state index contributed by atoms with van der Waals surface area (Å²) in [6, 6.07) is 10.7. The molecule has 0 radical (unpaired) electrons. The summed E-state index contributed by atoms with van der Waals surface area (Å²) in [5, 5.41) is 0.233. The molecule has 0 N–H and O–H groups in total. The van der Waals surface area contributed by atoms with Crippen molar-refractivity contribution >= 4 is 27.5 Å². The molecule has 5 nitrogen and oxygen atoms in total. The second-order valence-corrected chi connectivity index (χ2v) is 10.2. The van der Waals surface area contributed by atoms with E-state index in [-0.39, 0.29) is 33.2 Å². The van der Waals surface area contributed by atoms with Crippen LogP contribution in [-0.2, 0) is 16.4 Å². The maximum atomic E-state index is 13.5. The summed E-state index contributed by atoms with van der Waals surface area (Å²) in [6.07, 6.45) is 3.88. The fourth-order valence-corrected chi connectivity index (χ4v) is 6.05. The van der Waals surface area contributed by atoms with Gasteiger partial charge in [0.2, 0.25) is 10.0 Å². The van der Waals surface area contributed by atoms with Gasteiger partial charge in [0.15, 0.2) is 0 Å². The smallest absolute Gasteiger partial charge is 0.255 e. The number of hydrogen-bond acceptors (Lipinski definition) is 3. The number of halogens is 2. The molecule has 160 valence electrons. The van der Waals surface area contributed by atoms with Gasteiger partial charge in [-0.1, -0.05) is 23.7 Å². The highest BCUT2D eigenvalue weighted by Crippen LogP contribution is 2.29. The molecule has 2 aliphatic heterocycles. The molecule has 2 aromatic carbocycles. The lowest BCUT2D eigenvalue weighted by Crippen LogP contribution is -2.37. The Bertz CT molecular complexity index is 1050. The van der Waals surface area contributed by atoms with E-state index in [9.17, 15) is 17.6 Å². The number of hydrogen-bond donors (Lipinski definition) is 0. The molecular weight excluding hydrogens is 427 g/mol. The third-order valence-electron chi connectivity index (χ3n) is 5.87. The second kappa shape index (κ2) is 8.65. The van der Waals surface area contributed by atoms with Gasteiger partial charge in [-0.2, -0.15) is 4.31 Å². The van der Waals surface area contributed by atoms with E-state index in [1.54, 1.807) is 11.0 Å². The second-order valence-electron chi connectivity index (χ2n) is 7.88. The van der Waals surface area contributed by atoms with E-state index < -0.39 is 10.0 Å². The number of sulfonamides is 1. The van der Waals surface area contributed by atoms with Crippen molar-refractivity contribution in [3.63, 3.8) is 0 Å². The molecule has 0 spiro atoms. The molecule has 2 aromatic rings. The van der Waals surface area contributed by atoms with E-state index in [4.69, 9.17) is 11.6 Å². The Morgan fingerprint density at radius 3 is 2.57 bits per heavy atom. The first-order chi connectivity index (χ1) is 14.4. The number of rotatable bonds is 5. The van der Waals surface area contributed by atoms with Gasteiger partial charge in [-0.05, 0) is 68.0 Å². The van der Waals surface area contributed by atoms with Crippen LogP contribution in [0.25, 0.3) is 0 Å². The van der Waals surface area contributed by atoms with Gasteiger partial charge < -0.3 is 4.90 Å². The van der Waals surface area contributed by atoms with E-state index in [0.717, 1.165) is 31.2 Å². The van der Waals surface area contributed by atoms with E-state index in [1.165, 1.54) is 34.6 Å². The average Bonchev–Trinajstić information content (AvgIpc) is 3.40. The molecule has 0 bridgehead atoms. The van der Waals surface area contributed by atoms with Crippen LogP contribution in [-0.4, -0.2) is 49.2 Å². The summed E-state index contributed by atoms with van der Waals surface area (Å²) in [5.74, 6) is -0.580. The Labute approximate surface area is 181 Å². The van der Waals surface area contributed by atoms with Crippen LogP contribution in [0.5, 0.6) is 0 Å². The maximum absolute atomic E-state index is 13.5. The van der Waals surface area contributed by atoms with Crippen molar-refractivity contribution in [3.8, 4) is 0 Å². The van der Waals surface area contributed by atoms with Crippen LogP contribution in [0.15, 0.2) is 47.4 Å². The summed E-state index contributed by atoms with van der Waals surface area (Å²) in [7, 11) is -3.64. The Kier molecular flexibility index (Phi) is 6.14. The lowest BCUT2D eigenvalue weighted by atomic mass is 10.0. The highest BCUT2D eigenvalue weighted by Gasteiger charge is 2.33. The van der Waals surface area contributed by atoms with Crippen LogP contribution in [0, 0.1) is 5.82 Å². The fraction of sp³-hybridized carbons (Fsp3) is 0.409. The number of carbonyl (C=O) groups is 1. The zero-order chi connectivity index (χ0) is 21.3. The van der Waals surface area contributed by atoms with Crippen molar-refractivity contribution in [2.24, 2.45) is 0 Å². The van der Waals surface area contributed by atoms with Crippen LogP contribution < -0.4 is 0 Å². The molecule has 4 rings (SSSR count). The van der Waals surface area contributed by atoms with Crippen molar-refractivity contribution in [1.82, 2.24) is 9.21 Å². The zero-order valence-corrected chi connectivity index (χ0v) is 18.1. The standard InChI is InChI=1S/C22H24ClFN2O3S/c23-21-9-8-19(30(28,29)25-10-1-2-11-25)15-20(21)22(27)26-12-4-7-18(26)14-16-5-3-6-17(24)13-16/h3,5-6,8-9,13,15,18H,1-2,4,7,10-12,14H2. The van der Waals surface area contributed by atoms with E-state index in [2.05, 4.69) is 0 Å². The molecule has 2 fully saturated rings. The number of amides is 1. The van der Waals surface area contributed by atoms with Crippen molar-refractivity contribution in [2.45, 2.75) is 43.0 Å². The van der Waals surface area contributed by atoms with E-state index >= 15 is 0 Å². The minimum Gasteiger partial charge on any atom is -0.335 e. The Morgan fingerprint density at radius 1 is 1.07 bits per heavy atom. The first-order valence-electron chi connectivity index (χ1n) is 10.2. The SMILES string of the molecule is O=C(c1cc(S(=O)(=O)N2CCCC2)ccc1Cl)N1CCCC1Cc1cccc(F)c1. The van der Waals surface area contributed by atoms with Gasteiger partial charge in [-0.15, -0.1) is 0 Å². The normalized spacial score (nSPS) is 20.1. The van der Waals surface area contributed by atoms with Gasteiger partial charge >= 0.3 is 0 Å². The molecule has 0 aliphatic carbocycles. The summed E-state index contributed by atoms with van der Waals surface area (Å²) in [5.41, 5.74) is 1.03. The van der Waals surface area contributed by atoms with Gasteiger partial charge in [-0.25, -0.2) is 12.8 Å². The third kappa shape index (κ3) is 4.24. The highest BCUT2D eigenvalue weighted by molar-refractivity contribution is 7.89. The van der Waals surface area contributed by atoms with E-state index in [1.807, 2.05) is 6.07 Å². The molecule has 0 aromatic heterocycles. The summed E-state index contributed by atoms with van der Waals surface area (Å²) in [6.45, 7) is 1.56. The number of carbonyl (C=O) groups excluding carboxylic acids is 1. The third-order valence-corrected chi connectivity index (χ3v) is 8.09. The number of nitrogens with zero attached hydrogens (tertiary/aromatic N) is 2. The molecule has 1 atom stereocenters. The molecular formula is C22H24ClFN2O3S. The van der Waals surface area contributed by atoms with Crippen molar-refractivity contribution in [1.29, 1.82) is 0 Å². The van der Waals surface area contributed by atoms with Crippen LogP contribution in [0.1, 0.15) is 41.6 Å². The predicted molar refractivity (Wildman–Crippen MR) is 114 cm³/mol. The minimum absolute atomic E-state index is 0.0748. The van der Waals surface area contributed by atoms with Crippen LogP contribution in [0.3, 0.4) is 0 Å². The largest absolute Gasteiger partial charge is 0.335 e. The van der Waals surface area contributed by atoms with E-state index in [0.29, 0.717) is 26.1 Å². The van der Waals surface area contributed by atoms with Gasteiger partial charge in [0, 0.05) is 25.7 Å². The van der Waals surface area contributed by atoms with Crippen LogP contribution >= 0.6 is 11.6 Å². The van der Waals surface area contributed by atoms with Crippen molar-refractivity contribution < 1.29 is 17.6 Å². The topological polar surface area (TPSA) is 57.7 Å². The molecule has 1 amide bonds. The Hall–Kier alpha value is -1.96. The van der Waals surface area contributed by atoms with Crippen LogP contribution in [0.2, 0.25) is 5.02 Å². The molecule has 30 heavy (non-hydrogen) atoms. The lowest BCUT2D eigenvalue weighted by molar-refractivity contribution is 0.0736. The molecule has 2 aliphatic rings. The minimum atomic E-state index is -3.64. The van der Waals surface area contributed by atoms with Gasteiger partial charge in [0.1, 0.15) is 5.82 Å². The average molecular weight is 451 g/mol. The Morgan fingerprint density at radius 2 is 1.83 bits per heavy atom. The molecule has 2 saturated heterocycles. The lowest BCUT2D eigenvalue weighted by Gasteiger charge is -2.26. The predicted octanol–water partition coefficient (Wildman–Crippen LogP) is 4.11. The summed E-state index contributed by atoms with van der Waals surface area (Å²) >= 11 is 6.30. The molecule has 2 heterocycles. The molecule has 1 unspecified atom stereocenters. The first kappa shape index (κ1) is 21.3. The molecule has 8 heteroatoms. The zero-order valence-electron chi connectivity index (χ0n) is 16.6. The maximum Gasteiger partial charge on any atom is 0.255 e. The summed E-state index contributed by atoms with van der Waals surface area (Å²) in [4.78, 5) is 15.1.